The molecule has 0 aliphatic heterocycles. The summed E-state index contributed by atoms with van der Waals surface area (Å²) in [4.78, 5) is 12.3. The van der Waals surface area contributed by atoms with Gasteiger partial charge in [-0.25, -0.2) is 0 Å². The summed E-state index contributed by atoms with van der Waals surface area (Å²) in [5, 5.41) is 8.42. The van der Waals surface area contributed by atoms with Gasteiger partial charge in [0.25, 0.3) is 0 Å². The van der Waals surface area contributed by atoms with E-state index in [9.17, 15) is 4.79 Å². The van der Waals surface area contributed by atoms with Gasteiger partial charge in [0.1, 0.15) is 5.75 Å². The maximum Gasteiger partial charge on any atom is 0.314 e. The highest BCUT2D eigenvalue weighted by molar-refractivity contribution is 5.75. The zero-order chi connectivity index (χ0) is 16.5. The smallest absolute Gasteiger partial charge is 0.314 e. The van der Waals surface area contributed by atoms with Crippen molar-refractivity contribution in [3.63, 3.8) is 0 Å². The van der Waals surface area contributed by atoms with E-state index in [0.717, 1.165) is 37.2 Å². The van der Waals surface area contributed by atoms with Gasteiger partial charge in [-0.15, -0.1) is 0 Å². The Balaban J connectivity index is 1.82. The van der Waals surface area contributed by atoms with Crippen LogP contribution >= 0.6 is 0 Å². The van der Waals surface area contributed by atoms with Gasteiger partial charge in [0.2, 0.25) is 0 Å². The minimum absolute atomic E-state index is 0.0333. The summed E-state index contributed by atoms with van der Waals surface area (Å²) in [6.45, 7) is 2.22. The first-order valence-electron chi connectivity index (χ1n) is 8.44. The molecule has 0 spiro atoms. The van der Waals surface area contributed by atoms with E-state index < -0.39 is 0 Å². The van der Waals surface area contributed by atoms with Crippen molar-refractivity contribution >= 4 is 5.97 Å². The maximum absolute atomic E-state index is 12.3. The van der Waals surface area contributed by atoms with Gasteiger partial charge in [0, 0.05) is 11.5 Å². The van der Waals surface area contributed by atoms with E-state index in [4.69, 9.17) is 10.00 Å². The van der Waals surface area contributed by atoms with Crippen molar-refractivity contribution in [2.45, 2.75) is 51.9 Å². The summed E-state index contributed by atoms with van der Waals surface area (Å²) in [5.74, 6) is 6.30. The first kappa shape index (κ1) is 17.1. The lowest BCUT2D eigenvalue weighted by Crippen LogP contribution is -2.25. The van der Waals surface area contributed by atoms with Crippen molar-refractivity contribution in [3.8, 4) is 23.7 Å². The molecule has 2 rings (SSSR count). The molecule has 1 aromatic rings. The van der Waals surface area contributed by atoms with Crippen LogP contribution in [0.4, 0.5) is 0 Å². The number of hydrogen-bond acceptors (Lipinski definition) is 3. The van der Waals surface area contributed by atoms with E-state index in [2.05, 4.69) is 18.8 Å². The van der Waals surface area contributed by atoms with Gasteiger partial charge in [0.05, 0.1) is 5.92 Å². The standard InChI is InChI=1S/C20H23NO2/c1-2-3-5-16-7-11-18(12-8-16)20(22)23-19-13-9-17(10-14-19)6-4-15-21/h9-10,13-14,16,18H,2-3,5,7-8,11-12H2,1H3/t16-,18-. The lowest BCUT2D eigenvalue weighted by molar-refractivity contribution is -0.140. The molecule has 23 heavy (non-hydrogen) atoms. The Kier molecular flexibility index (Phi) is 6.70. The van der Waals surface area contributed by atoms with E-state index in [-0.39, 0.29) is 11.9 Å². The minimum atomic E-state index is -0.116. The molecule has 0 N–H and O–H groups in total. The van der Waals surface area contributed by atoms with Crippen LogP contribution in [0, 0.1) is 35.0 Å². The van der Waals surface area contributed by atoms with Crippen molar-refractivity contribution in [2.75, 3.05) is 0 Å². The molecule has 1 aliphatic rings. The topological polar surface area (TPSA) is 50.1 Å². The van der Waals surface area contributed by atoms with E-state index in [0.29, 0.717) is 5.75 Å². The summed E-state index contributed by atoms with van der Waals surface area (Å²) < 4.78 is 5.48. The molecule has 3 nitrogen and oxygen atoms in total. The average Bonchev–Trinajstić information content (AvgIpc) is 2.59. The van der Waals surface area contributed by atoms with Gasteiger partial charge in [-0.3, -0.25) is 4.79 Å². The molecular formula is C20H23NO2. The SMILES string of the molecule is CCCC[C@H]1CC[C@H](C(=O)Oc2ccc(C#CC#N)cc2)CC1. The van der Waals surface area contributed by atoms with Crippen LogP contribution in [0.15, 0.2) is 24.3 Å². The Morgan fingerprint density at radius 3 is 2.52 bits per heavy atom. The number of unbranched alkanes of at least 4 members (excludes halogenated alkanes) is 1. The number of carbonyl (C=O) groups excluding carboxylic acids is 1. The van der Waals surface area contributed by atoms with Crippen molar-refractivity contribution in [2.24, 2.45) is 11.8 Å². The van der Waals surface area contributed by atoms with Crippen molar-refractivity contribution in [1.82, 2.24) is 0 Å². The molecule has 0 saturated heterocycles. The molecule has 0 amide bonds. The molecular weight excluding hydrogens is 286 g/mol. The van der Waals surface area contributed by atoms with Crippen LogP contribution in [0.1, 0.15) is 57.4 Å². The summed E-state index contributed by atoms with van der Waals surface area (Å²) >= 11 is 0. The maximum atomic E-state index is 12.3. The van der Waals surface area contributed by atoms with E-state index in [1.54, 1.807) is 30.3 Å². The first-order chi connectivity index (χ1) is 11.2. The third kappa shape index (κ3) is 5.46. The lowest BCUT2D eigenvalue weighted by Gasteiger charge is -2.27. The zero-order valence-electron chi connectivity index (χ0n) is 13.7. The van der Waals surface area contributed by atoms with Crippen LogP contribution in [0.25, 0.3) is 0 Å². The van der Waals surface area contributed by atoms with Gasteiger partial charge in [-0.2, -0.15) is 5.26 Å². The van der Waals surface area contributed by atoms with Gasteiger partial charge in [-0.1, -0.05) is 32.1 Å². The normalized spacial score (nSPS) is 20.0. The highest BCUT2D eigenvalue weighted by atomic mass is 16.5. The summed E-state index contributed by atoms with van der Waals surface area (Å²) in [6.07, 6.45) is 8.00. The lowest BCUT2D eigenvalue weighted by atomic mass is 9.80. The van der Waals surface area contributed by atoms with Gasteiger partial charge in [-0.05, 0) is 55.9 Å². The molecule has 0 atom stereocenters. The van der Waals surface area contributed by atoms with Crippen molar-refractivity contribution in [3.05, 3.63) is 29.8 Å². The Hall–Kier alpha value is -2.26. The molecule has 0 bridgehead atoms. The molecule has 1 aliphatic carbocycles. The summed E-state index contributed by atoms with van der Waals surface area (Å²) in [6, 6.07) is 8.75. The van der Waals surface area contributed by atoms with E-state index >= 15 is 0 Å². The summed E-state index contributed by atoms with van der Waals surface area (Å²) in [5.41, 5.74) is 0.739. The van der Waals surface area contributed by atoms with Crippen molar-refractivity contribution in [1.29, 1.82) is 5.26 Å². The Labute approximate surface area is 138 Å². The number of rotatable bonds is 5. The second-order valence-electron chi connectivity index (χ2n) is 6.17. The van der Waals surface area contributed by atoms with Gasteiger partial charge < -0.3 is 4.74 Å². The highest BCUT2D eigenvalue weighted by Gasteiger charge is 2.27. The molecule has 120 valence electrons. The zero-order valence-corrected chi connectivity index (χ0v) is 13.7. The predicted octanol–water partition coefficient (Wildman–Crippen LogP) is 4.46. The third-order valence-corrected chi connectivity index (χ3v) is 4.48. The predicted molar refractivity (Wildman–Crippen MR) is 89.5 cm³/mol. The van der Waals surface area contributed by atoms with E-state index in [1.165, 1.54) is 19.3 Å². The van der Waals surface area contributed by atoms with Crippen LogP contribution in [0.3, 0.4) is 0 Å². The van der Waals surface area contributed by atoms with E-state index in [1.807, 2.05) is 0 Å². The minimum Gasteiger partial charge on any atom is -0.426 e. The number of carbonyl (C=O) groups is 1. The monoisotopic (exact) mass is 309 g/mol. The fourth-order valence-electron chi connectivity index (χ4n) is 3.09. The second-order valence-corrected chi connectivity index (χ2v) is 6.17. The molecule has 1 saturated carbocycles. The number of esters is 1. The number of nitriles is 1. The highest BCUT2D eigenvalue weighted by Crippen LogP contribution is 2.32. The first-order valence-corrected chi connectivity index (χ1v) is 8.44. The Morgan fingerprint density at radius 2 is 1.91 bits per heavy atom. The molecule has 3 heteroatoms. The molecule has 0 heterocycles. The molecule has 0 unspecified atom stereocenters. The second kappa shape index (κ2) is 9.01. The molecule has 1 aromatic carbocycles. The number of ether oxygens (including phenoxy) is 1. The van der Waals surface area contributed by atoms with Crippen LogP contribution in [-0.4, -0.2) is 5.97 Å². The number of hydrogen-bond donors (Lipinski definition) is 0. The van der Waals surface area contributed by atoms with Crippen LogP contribution < -0.4 is 4.74 Å². The quantitative estimate of drug-likeness (QED) is 0.458. The Bertz CT molecular complexity index is 608. The van der Waals surface area contributed by atoms with Crippen LogP contribution in [-0.2, 0) is 4.79 Å². The fourth-order valence-corrected chi connectivity index (χ4v) is 3.09. The summed E-state index contributed by atoms with van der Waals surface area (Å²) in [7, 11) is 0. The Morgan fingerprint density at radius 1 is 1.22 bits per heavy atom. The molecule has 1 fully saturated rings. The largest absolute Gasteiger partial charge is 0.426 e. The van der Waals surface area contributed by atoms with Crippen LogP contribution in [0.2, 0.25) is 0 Å². The van der Waals surface area contributed by atoms with Gasteiger partial charge in [0.15, 0.2) is 6.07 Å². The number of benzene rings is 1. The van der Waals surface area contributed by atoms with Crippen LogP contribution in [0.5, 0.6) is 5.75 Å². The fraction of sp³-hybridized carbons (Fsp3) is 0.500. The molecule has 0 radical (unpaired) electrons. The van der Waals surface area contributed by atoms with Gasteiger partial charge >= 0.3 is 5.97 Å². The van der Waals surface area contributed by atoms with Crippen molar-refractivity contribution < 1.29 is 9.53 Å². The molecule has 0 aromatic heterocycles. The third-order valence-electron chi connectivity index (χ3n) is 4.48. The average molecular weight is 309 g/mol. The number of nitrogens with zero attached hydrogens (tertiary/aromatic N) is 1.